The Balaban J connectivity index is 2.36. The van der Waals surface area contributed by atoms with E-state index in [0.717, 1.165) is 42.2 Å². The number of alkyl halides is 2. The Bertz CT molecular complexity index is 562. The van der Waals surface area contributed by atoms with Gasteiger partial charge in [-0.1, -0.05) is 0 Å². The first-order chi connectivity index (χ1) is 9.71. The lowest BCUT2D eigenvalue weighted by Crippen LogP contribution is -2.27. The number of nitrogens with one attached hydrogen (secondary N) is 1. The lowest BCUT2D eigenvalue weighted by molar-refractivity contribution is 0.719. The van der Waals surface area contributed by atoms with E-state index in [1.54, 1.807) is 0 Å². The zero-order valence-corrected chi connectivity index (χ0v) is 13.4. The van der Waals surface area contributed by atoms with E-state index < -0.39 is 0 Å². The van der Waals surface area contributed by atoms with Crippen LogP contribution in [0.5, 0.6) is 0 Å². The lowest BCUT2D eigenvalue weighted by atomic mass is 10.2. The summed E-state index contributed by atoms with van der Waals surface area (Å²) in [7, 11) is 3.96. The minimum atomic E-state index is 0.585. The second-order valence-corrected chi connectivity index (χ2v) is 5.41. The van der Waals surface area contributed by atoms with Crippen molar-refractivity contribution in [2.75, 3.05) is 36.8 Å². The highest BCUT2D eigenvalue weighted by Gasteiger charge is 2.10. The maximum absolute atomic E-state index is 5.86. The van der Waals surface area contributed by atoms with Gasteiger partial charge in [0, 0.05) is 37.6 Å². The molecule has 0 aliphatic carbocycles. The Labute approximate surface area is 129 Å². The molecule has 1 aromatic heterocycles. The molecule has 2 rings (SSSR count). The summed E-state index contributed by atoms with van der Waals surface area (Å²) in [5, 5.41) is 3.14. The van der Waals surface area contributed by atoms with Crippen LogP contribution in [0.2, 0.25) is 0 Å². The second kappa shape index (κ2) is 7.16. The quantitative estimate of drug-likeness (QED) is 0.797. The number of aromatic nitrogens is 2. The van der Waals surface area contributed by atoms with Gasteiger partial charge in [-0.15, -0.1) is 23.2 Å². The summed E-state index contributed by atoms with van der Waals surface area (Å²) in [6.45, 7) is 2.33. The molecule has 1 aromatic carbocycles. The number of nitrogens with zero attached hydrogens (tertiary/aromatic N) is 3. The molecular formula is C14H20Cl2N4. The van der Waals surface area contributed by atoms with Crippen LogP contribution < -0.4 is 10.2 Å². The molecule has 0 radical (unpaired) electrons. The number of halogens is 2. The van der Waals surface area contributed by atoms with Crippen LogP contribution in [0.4, 0.5) is 5.69 Å². The molecule has 0 spiro atoms. The van der Waals surface area contributed by atoms with Gasteiger partial charge in [0.05, 0.1) is 17.6 Å². The van der Waals surface area contributed by atoms with E-state index in [2.05, 4.69) is 38.0 Å². The minimum Gasteiger partial charge on any atom is -0.369 e. The van der Waals surface area contributed by atoms with Crippen molar-refractivity contribution >= 4 is 39.9 Å². The van der Waals surface area contributed by atoms with E-state index >= 15 is 0 Å². The molecule has 0 aliphatic rings. The van der Waals surface area contributed by atoms with E-state index in [4.69, 9.17) is 23.2 Å². The fourth-order valence-electron chi connectivity index (χ4n) is 2.33. The van der Waals surface area contributed by atoms with E-state index in [0.29, 0.717) is 11.8 Å². The molecule has 1 heterocycles. The lowest BCUT2D eigenvalue weighted by Gasteiger charge is -2.22. The van der Waals surface area contributed by atoms with Crippen molar-refractivity contribution in [3.63, 3.8) is 0 Å². The van der Waals surface area contributed by atoms with Crippen molar-refractivity contribution < 1.29 is 0 Å². The Morgan fingerprint density at radius 1 is 1.25 bits per heavy atom. The second-order valence-electron chi connectivity index (χ2n) is 4.66. The third-order valence-corrected chi connectivity index (χ3v) is 3.70. The SMILES string of the molecule is CNCc1nc2cc(N(CCCl)CCCl)ccc2n1C. The molecule has 110 valence electrons. The van der Waals surface area contributed by atoms with Crippen LogP contribution in [0, 0.1) is 0 Å². The van der Waals surface area contributed by atoms with E-state index in [9.17, 15) is 0 Å². The molecule has 0 saturated carbocycles. The van der Waals surface area contributed by atoms with Gasteiger partial charge in [0.25, 0.3) is 0 Å². The van der Waals surface area contributed by atoms with Crippen LogP contribution in [-0.4, -0.2) is 41.4 Å². The summed E-state index contributed by atoms with van der Waals surface area (Å²) in [5.41, 5.74) is 3.26. The molecule has 1 N–H and O–H groups in total. The Hall–Kier alpha value is -0.970. The molecule has 0 fully saturated rings. The molecule has 0 unspecified atom stereocenters. The average Bonchev–Trinajstić information content (AvgIpc) is 2.75. The number of hydrogen-bond donors (Lipinski definition) is 1. The van der Waals surface area contributed by atoms with Crippen LogP contribution in [-0.2, 0) is 13.6 Å². The van der Waals surface area contributed by atoms with Gasteiger partial charge in [-0.05, 0) is 25.2 Å². The maximum atomic E-state index is 5.86. The third kappa shape index (κ3) is 3.19. The van der Waals surface area contributed by atoms with Crippen LogP contribution in [0.25, 0.3) is 11.0 Å². The fourth-order valence-corrected chi connectivity index (χ4v) is 2.73. The molecule has 4 nitrogen and oxygen atoms in total. The topological polar surface area (TPSA) is 33.1 Å². The van der Waals surface area contributed by atoms with Crippen molar-refractivity contribution in [3.05, 3.63) is 24.0 Å². The van der Waals surface area contributed by atoms with Crippen LogP contribution in [0.3, 0.4) is 0 Å². The predicted molar refractivity (Wildman–Crippen MR) is 87.1 cm³/mol. The van der Waals surface area contributed by atoms with Crippen molar-refractivity contribution in [2.24, 2.45) is 7.05 Å². The first-order valence-electron chi connectivity index (χ1n) is 6.68. The van der Waals surface area contributed by atoms with E-state index in [-0.39, 0.29) is 0 Å². The molecule has 2 aromatic rings. The van der Waals surface area contributed by atoms with Crippen molar-refractivity contribution in [3.8, 4) is 0 Å². The molecule has 6 heteroatoms. The normalized spacial score (nSPS) is 11.2. The number of rotatable bonds is 7. The molecule has 0 bridgehead atoms. The van der Waals surface area contributed by atoms with Gasteiger partial charge in [-0.2, -0.15) is 0 Å². The van der Waals surface area contributed by atoms with Gasteiger partial charge in [0.2, 0.25) is 0 Å². The van der Waals surface area contributed by atoms with Gasteiger partial charge in [0.15, 0.2) is 0 Å². The standard InChI is InChI=1S/C14H20Cl2N4/c1-17-10-14-18-12-9-11(3-4-13(12)19(14)2)20(7-5-15)8-6-16/h3-4,9,17H,5-8,10H2,1-2H3. The summed E-state index contributed by atoms with van der Waals surface area (Å²) in [6, 6.07) is 6.31. The summed E-state index contributed by atoms with van der Waals surface area (Å²) >= 11 is 11.7. The van der Waals surface area contributed by atoms with E-state index in [1.807, 2.05) is 14.1 Å². The predicted octanol–water partition coefficient (Wildman–Crippen LogP) is 2.58. The van der Waals surface area contributed by atoms with Crippen LogP contribution >= 0.6 is 23.2 Å². The molecule has 20 heavy (non-hydrogen) atoms. The van der Waals surface area contributed by atoms with Crippen LogP contribution in [0.15, 0.2) is 18.2 Å². The van der Waals surface area contributed by atoms with Crippen LogP contribution in [0.1, 0.15) is 5.82 Å². The Morgan fingerprint density at radius 3 is 2.55 bits per heavy atom. The number of aryl methyl sites for hydroxylation is 1. The number of imidazole rings is 1. The zero-order chi connectivity index (χ0) is 14.5. The summed E-state index contributed by atoms with van der Waals surface area (Å²) in [4.78, 5) is 6.86. The van der Waals surface area contributed by atoms with Gasteiger partial charge in [0.1, 0.15) is 5.82 Å². The molecule has 0 saturated heterocycles. The maximum Gasteiger partial charge on any atom is 0.123 e. The summed E-state index contributed by atoms with van der Waals surface area (Å²) < 4.78 is 2.11. The molecule has 0 amide bonds. The number of benzene rings is 1. The van der Waals surface area contributed by atoms with E-state index in [1.165, 1.54) is 0 Å². The van der Waals surface area contributed by atoms with Gasteiger partial charge < -0.3 is 14.8 Å². The summed E-state index contributed by atoms with van der Waals surface area (Å²) in [5.74, 6) is 2.20. The highest BCUT2D eigenvalue weighted by atomic mass is 35.5. The minimum absolute atomic E-state index is 0.585. The molecule has 0 aliphatic heterocycles. The monoisotopic (exact) mass is 314 g/mol. The number of fused-ring (bicyclic) bond motifs is 1. The smallest absolute Gasteiger partial charge is 0.123 e. The van der Waals surface area contributed by atoms with Crippen molar-refractivity contribution in [2.45, 2.75) is 6.54 Å². The van der Waals surface area contributed by atoms with Gasteiger partial charge >= 0.3 is 0 Å². The first kappa shape index (κ1) is 15.4. The fraction of sp³-hybridized carbons (Fsp3) is 0.500. The molecule has 0 atom stereocenters. The molecular weight excluding hydrogens is 295 g/mol. The zero-order valence-electron chi connectivity index (χ0n) is 11.9. The Kier molecular flexibility index (Phi) is 5.52. The highest BCUT2D eigenvalue weighted by molar-refractivity contribution is 6.18. The summed E-state index contributed by atoms with van der Waals surface area (Å²) in [6.07, 6.45) is 0. The van der Waals surface area contributed by atoms with Gasteiger partial charge in [-0.25, -0.2) is 4.98 Å². The number of hydrogen-bond acceptors (Lipinski definition) is 3. The Morgan fingerprint density at radius 2 is 1.95 bits per heavy atom. The average molecular weight is 315 g/mol. The first-order valence-corrected chi connectivity index (χ1v) is 7.75. The van der Waals surface area contributed by atoms with Crippen molar-refractivity contribution in [1.82, 2.24) is 14.9 Å². The third-order valence-electron chi connectivity index (χ3n) is 3.37. The van der Waals surface area contributed by atoms with Gasteiger partial charge in [-0.3, -0.25) is 0 Å². The largest absolute Gasteiger partial charge is 0.369 e. The highest BCUT2D eigenvalue weighted by Crippen LogP contribution is 2.22. The van der Waals surface area contributed by atoms with Crippen molar-refractivity contribution in [1.29, 1.82) is 0 Å². The number of anilines is 1.